The third-order valence-electron chi connectivity index (χ3n) is 2.47. The van der Waals surface area contributed by atoms with Crippen molar-refractivity contribution in [3.05, 3.63) is 23.9 Å². The van der Waals surface area contributed by atoms with Gasteiger partial charge in [-0.3, -0.25) is 0 Å². The minimum Gasteiger partial charge on any atom is -0.478 e. The lowest BCUT2D eigenvalue weighted by Gasteiger charge is -2.17. The number of aromatic nitrogens is 1. The van der Waals surface area contributed by atoms with Gasteiger partial charge in [0.2, 0.25) is 5.88 Å². The monoisotopic (exact) mass is 253 g/mol. The molecule has 1 aromatic heterocycles. The molecule has 1 fully saturated rings. The molecule has 0 saturated carbocycles. The summed E-state index contributed by atoms with van der Waals surface area (Å²) in [5.41, 5.74) is 0.129. The van der Waals surface area contributed by atoms with Gasteiger partial charge in [-0.25, -0.2) is 9.78 Å². The van der Waals surface area contributed by atoms with Gasteiger partial charge in [0, 0.05) is 12.3 Å². The van der Waals surface area contributed by atoms with Crippen LogP contribution in [-0.2, 0) is 9.47 Å². The predicted octanol–water partition coefficient (Wildman–Crippen LogP) is 1.31. The van der Waals surface area contributed by atoms with Crippen LogP contribution in [-0.4, -0.2) is 41.2 Å². The first kappa shape index (κ1) is 12.8. The first-order valence-corrected chi connectivity index (χ1v) is 5.60. The van der Waals surface area contributed by atoms with Crippen LogP contribution in [0.15, 0.2) is 18.3 Å². The second-order valence-corrected chi connectivity index (χ2v) is 4.45. The zero-order valence-corrected chi connectivity index (χ0v) is 10.3. The van der Waals surface area contributed by atoms with Crippen LogP contribution in [0.3, 0.4) is 0 Å². The summed E-state index contributed by atoms with van der Waals surface area (Å²) in [5, 5.41) is 8.72. The molecule has 0 spiro atoms. The number of nitrogens with zero attached hydrogens (tertiary/aromatic N) is 1. The van der Waals surface area contributed by atoms with E-state index in [1.54, 1.807) is 0 Å². The highest BCUT2D eigenvalue weighted by atomic mass is 16.7. The van der Waals surface area contributed by atoms with E-state index in [1.807, 2.05) is 13.8 Å². The molecular weight excluding hydrogens is 238 g/mol. The smallest absolute Gasteiger partial charge is 0.337 e. The van der Waals surface area contributed by atoms with Crippen molar-refractivity contribution >= 4 is 5.97 Å². The first-order valence-electron chi connectivity index (χ1n) is 5.60. The fourth-order valence-corrected chi connectivity index (χ4v) is 1.62. The molecule has 1 aliphatic heterocycles. The molecule has 18 heavy (non-hydrogen) atoms. The number of carboxylic acids is 1. The Balaban J connectivity index is 1.85. The van der Waals surface area contributed by atoms with E-state index >= 15 is 0 Å². The van der Waals surface area contributed by atoms with Gasteiger partial charge in [-0.1, -0.05) is 0 Å². The fourth-order valence-electron chi connectivity index (χ4n) is 1.62. The van der Waals surface area contributed by atoms with Crippen LogP contribution in [0.25, 0.3) is 0 Å². The number of carbonyl (C=O) groups is 1. The van der Waals surface area contributed by atoms with E-state index in [2.05, 4.69) is 4.98 Å². The Bertz CT molecular complexity index is 429. The van der Waals surface area contributed by atoms with Crippen molar-refractivity contribution in [3.63, 3.8) is 0 Å². The Morgan fingerprint density at radius 3 is 2.89 bits per heavy atom. The van der Waals surface area contributed by atoms with E-state index in [-0.39, 0.29) is 11.7 Å². The molecule has 6 nitrogen and oxygen atoms in total. The summed E-state index contributed by atoms with van der Waals surface area (Å²) in [6, 6.07) is 2.96. The van der Waals surface area contributed by atoms with Crippen molar-refractivity contribution in [3.8, 4) is 5.88 Å². The molecule has 0 radical (unpaired) electrons. The third-order valence-corrected chi connectivity index (χ3v) is 2.47. The molecule has 2 heterocycles. The van der Waals surface area contributed by atoms with E-state index in [0.717, 1.165) is 0 Å². The highest BCUT2D eigenvalue weighted by molar-refractivity contribution is 5.87. The number of hydrogen-bond donors (Lipinski definition) is 1. The van der Waals surface area contributed by atoms with Crippen LogP contribution in [0.2, 0.25) is 0 Å². The van der Waals surface area contributed by atoms with Crippen LogP contribution in [0.5, 0.6) is 5.88 Å². The van der Waals surface area contributed by atoms with Crippen molar-refractivity contribution < 1.29 is 24.1 Å². The van der Waals surface area contributed by atoms with Crippen LogP contribution in [0.4, 0.5) is 0 Å². The molecule has 0 bridgehead atoms. The van der Waals surface area contributed by atoms with Gasteiger partial charge in [-0.05, 0) is 19.9 Å². The molecule has 1 aliphatic rings. The molecule has 0 aromatic carbocycles. The van der Waals surface area contributed by atoms with E-state index in [0.29, 0.717) is 19.1 Å². The van der Waals surface area contributed by atoms with Gasteiger partial charge in [0.1, 0.15) is 12.7 Å². The molecule has 1 atom stereocenters. The van der Waals surface area contributed by atoms with Gasteiger partial charge in [0.25, 0.3) is 0 Å². The Hall–Kier alpha value is -1.66. The number of pyridine rings is 1. The molecule has 6 heteroatoms. The number of ether oxygens (including phenoxy) is 3. The van der Waals surface area contributed by atoms with Gasteiger partial charge in [-0.2, -0.15) is 0 Å². The average Bonchev–Trinajstić information content (AvgIpc) is 2.67. The zero-order valence-electron chi connectivity index (χ0n) is 10.3. The van der Waals surface area contributed by atoms with Gasteiger partial charge in [0.15, 0.2) is 5.79 Å². The molecule has 1 N–H and O–H groups in total. The van der Waals surface area contributed by atoms with Gasteiger partial charge < -0.3 is 19.3 Å². The van der Waals surface area contributed by atoms with Crippen LogP contribution in [0, 0.1) is 0 Å². The lowest BCUT2D eigenvalue weighted by atomic mass is 10.3. The highest BCUT2D eigenvalue weighted by Crippen LogP contribution is 2.22. The normalized spacial score (nSPS) is 21.8. The largest absolute Gasteiger partial charge is 0.478 e. The second-order valence-electron chi connectivity index (χ2n) is 4.45. The average molecular weight is 253 g/mol. The van der Waals surface area contributed by atoms with Crippen molar-refractivity contribution in [2.75, 3.05) is 13.2 Å². The number of hydrogen-bond acceptors (Lipinski definition) is 5. The van der Waals surface area contributed by atoms with Gasteiger partial charge in [-0.15, -0.1) is 0 Å². The van der Waals surface area contributed by atoms with Gasteiger partial charge >= 0.3 is 5.97 Å². The van der Waals surface area contributed by atoms with Crippen molar-refractivity contribution in [1.82, 2.24) is 4.98 Å². The molecule has 2 rings (SSSR count). The zero-order chi connectivity index (χ0) is 13.2. The van der Waals surface area contributed by atoms with Crippen LogP contribution < -0.4 is 4.74 Å². The van der Waals surface area contributed by atoms with Crippen LogP contribution >= 0.6 is 0 Å². The quantitative estimate of drug-likeness (QED) is 0.871. The number of rotatable bonds is 4. The molecule has 1 aromatic rings. The first-order chi connectivity index (χ1) is 8.46. The summed E-state index contributed by atoms with van der Waals surface area (Å²) >= 11 is 0. The molecular formula is C12H15NO5. The second kappa shape index (κ2) is 4.91. The summed E-state index contributed by atoms with van der Waals surface area (Å²) in [4.78, 5) is 14.5. The topological polar surface area (TPSA) is 77.9 Å². The lowest BCUT2D eigenvalue weighted by molar-refractivity contribution is -0.141. The maximum atomic E-state index is 10.6. The molecule has 0 amide bonds. The minimum absolute atomic E-state index is 0.129. The van der Waals surface area contributed by atoms with E-state index < -0.39 is 11.8 Å². The molecule has 1 unspecified atom stereocenters. The lowest BCUT2D eigenvalue weighted by Crippen LogP contribution is -2.25. The van der Waals surface area contributed by atoms with Crippen molar-refractivity contribution in [2.24, 2.45) is 0 Å². The summed E-state index contributed by atoms with van der Waals surface area (Å²) in [6.45, 7) is 4.48. The van der Waals surface area contributed by atoms with E-state index in [9.17, 15) is 4.79 Å². The van der Waals surface area contributed by atoms with Crippen molar-refractivity contribution in [1.29, 1.82) is 0 Å². The standard InChI is InChI=1S/C12H15NO5/c1-12(2)17-7-9(18-12)6-16-10-4-3-8(5-13-10)11(14)15/h3-5,9H,6-7H2,1-2H3,(H,14,15). The Morgan fingerprint density at radius 1 is 1.61 bits per heavy atom. The van der Waals surface area contributed by atoms with E-state index in [1.165, 1.54) is 18.3 Å². The summed E-state index contributed by atoms with van der Waals surface area (Å²) in [7, 11) is 0. The van der Waals surface area contributed by atoms with Crippen molar-refractivity contribution in [2.45, 2.75) is 25.7 Å². The molecule has 98 valence electrons. The SMILES string of the molecule is CC1(C)OCC(COc2ccc(C(=O)O)cn2)O1. The Labute approximate surface area is 104 Å². The maximum Gasteiger partial charge on any atom is 0.337 e. The molecule has 0 aliphatic carbocycles. The number of aromatic carboxylic acids is 1. The minimum atomic E-state index is -1.01. The van der Waals surface area contributed by atoms with Crippen LogP contribution in [0.1, 0.15) is 24.2 Å². The summed E-state index contributed by atoms with van der Waals surface area (Å²) in [5.74, 6) is -1.22. The molecule has 1 saturated heterocycles. The Kier molecular flexibility index (Phi) is 3.49. The highest BCUT2D eigenvalue weighted by Gasteiger charge is 2.32. The summed E-state index contributed by atoms with van der Waals surface area (Å²) in [6.07, 6.45) is 1.12. The Morgan fingerprint density at radius 2 is 2.39 bits per heavy atom. The maximum absolute atomic E-state index is 10.6. The number of carboxylic acid groups (broad SMARTS) is 1. The third kappa shape index (κ3) is 3.18. The predicted molar refractivity (Wildman–Crippen MR) is 61.6 cm³/mol. The summed E-state index contributed by atoms with van der Waals surface area (Å²) < 4.78 is 16.4. The van der Waals surface area contributed by atoms with Gasteiger partial charge in [0.05, 0.1) is 12.2 Å². The fraction of sp³-hybridized carbons (Fsp3) is 0.500. The van der Waals surface area contributed by atoms with E-state index in [4.69, 9.17) is 19.3 Å².